The number of aromatic nitrogens is 2. The first-order valence-electron chi connectivity index (χ1n) is 7.80. The lowest BCUT2D eigenvalue weighted by atomic mass is 9.92. The van der Waals surface area contributed by atoms with Crippen molar-refractivity contribution in [3.8, 4) is 11.5 Å². The molecule has 1 aliphatic heterocycles. The highest BCUT2D eigenvalue weighted by Crippen LogP contribution is 2.63. The molecule has 0 radical (unpaired) electrons. The van der Waals surface area contributed by atoms with Gasteiger partial charge < -0.3 is 9.84 Å². The molecule has 0 amide bonds. The zero-order valence-electron chi connectivity index (χ0n) is 12.6. The Hall–Kier alpha value is -1.68. The summed E-state index contributed by atoms with van der Waals surface area (Å²) in [5.74, 6) is 2.08. The fraction of sp³-hybridized carbons (Fsp3) is 0.529. The van der Waals surface area contributed by atoms with Crippen molar-refractivity contribution in [3.63, 3.8) is 0 Å². The molecule has 1 N–H and O–H groups in total. The van der Waals surface area contributed by atoms with Crippen LogP contribution >= 0.6 is 0 Å². The van der Waals surface area contributed by atoms with Crippen LogP contribution in [0.15, 0.2) is 22.7 Å². The second-order valence-electron chi connectivity index (χ2n) is 6.65. The van der Waals surface area contributed by atoms with Gasteiger partial charge in [0.25, 0.3) is 5.89 Å². The molecule has 1 aromatic carbocycles. The molecule has 1 spiro atoms. The Morgan fingerprint density at radius 2 is 2.05 bits per heavy atom. The third kappa shape index (κ3) is 2.18. The zero-order chi connectivity index (χ0) is 14.4. The van der Waals surface area contributed by atoms with Crippen LogP contribution in [0.2, 0.25) is 0 Å². The normalized spacial score (nSPS) is 23.4. The molecular weight excluding hydrogens is 262 g/mol. The molecule has 110 valence electrons. The first-order valence-corrected chi connectivity index (χ1v) is 7.80. The van der Waals surface area contributed by atoms with Crippen molar-refractivity contribution in [3.05, 3.63) is 35.2 Å². The van der Waals surface area contributed by atoms with Crippen molar-refractivity contribution >= 4 is 0 Å². The lowest BCUT2D eigenvalue weighted by Gasteiger charge is -2.22. The highest BCUT2D eigenvalue weighted by molar-refractivity contribution is 5.59. The van der Waals surface area contributed by atoms with E-state index in [2.05, 4.69) is 42.5 Å². The predicted octanol–water partition coefficient (Wildman–Crippen LogP) is 3.21. The molecule has 2 heterocycles. The number of nitrogens with one attached hydrogen (secondary N) is 1. The first-order chi connectivity index (χ1) is 10.2. The maximum atomic E-state index is 5.55. The highest BCUT2D eigenvalue weighted by atomic mass is 16.5. The third-order valence-corrected chi connectivity index (χ3v) is 5.17. The average molecular weight is 283 g/mol. The minimum absolute atomic E-state index is 0.452. The molecule has 0 unspecified atom stereocenters. The van der Waals surface area contributed by atoms with Crippen molar-refractivity contribution in [1.82, 2.24) is 15.5 Å². The van der Waals surface area contributed by atoms with E-state index in [4.69, 9.17) is 9.51 Å². The quantitative estimate of drug-likeness (QED) is 0.919. The predicted molar refractivity (Wildman–Crippen MR) is 81.1 cm³/mol. The van der Waals surface area contributed by atoms with Crippen molar-refractivity contribution in [1.29, 1.82) is 0 Å². The summed E-state index contributed by atoms with van der Waals surface area (Å²) >= 11 is 0. The van der Waals surface area contributed by atoms with E-state index in [1.807, 2.05) is 0 Å². The van der Waals surface area contributed by atoms with Crippen LogP contribution in [0.3, 0.4) is 0 Å². The van der Waals surface area contributed by atoms with E-state index in [1.54, 1.807) is 0 Å². The molecular formula is C17H21N3O. The molecule has 1 atom stereocenters. The number of hydrogen-bond donors (Lipinski definition) is 1. The second kappa shape index (κ2) is 4.67. The smallest absolute Gasteiger partial charge is 0.258 e. The number of rotatable bonds is 2. The van der Waals surface area contributed by atoms with E-state index >= 15 is 0 Å². The van der Waals surface area contributed by atoms with Gasteiger partial charge in [-0.1, -0.05) is 22.9 Å². The van der Waals surface area contributed by atoms with Gasteiger partial charge in [-0.25, -0.2) is 0 Å². The topological polar surface area (TPSA) is 51.0 Å². The molecule has 0 bridgehead atoms. The van der Waals surface area contributed by atoms with Crippen LogP contribution in [0.5, 0.6) is 0 Å². The van der Waals surface area contributed by atoms with Crippen molar-refractivity contribution in [2.24, 2.45) is 5.41 Å². The summed E-state index contributed by atoms with van der Waals surface area (Å²) in [6.07, 6.45) is 3.70. The standard InChI is InChI=1S/C17H21N3O/c1-11-3-4-12(2)13(9-11)16-19-15(20-21-16)14-10-17(14)5-7-18-8-6-17/h3-4,9,14,18H,5-8,10H2,1-2H3/t14-/m0/s1. The molecule has 1 saturated carbocycles. The summed E-state index contributed by atoms with van der Waals surface area (Å²) in [5.41, 5.74) is 3.92. The van der Waals surface area contributed by atoms with Crippen LogP contribution in [0.4, 0.5) is 0 Å². The van der Waals surface area contributed by atoms with E-state index in [9.17, 15) is 0 Å². The van der Waals surface area contributed by atoms with E-state index in [1.165, 1.54) is 30.4 Å². The summed E-state index contributed by atoms with van der Waals surface area (Å²) < 4.78 is 5.55. The fourth-order valence-corrected chi connectivity index (χ4v) is 3.64. The van der Waals surface area contributed by atoms with Gasteiger partial charge in [0.05, 0.1) is 0 Å². The Kier molecular flexibility index (Phi) is 2.89. The zero-order valence-corrected chi connectivity index (χ0v) is 12.6. The molecule has 2 aromatic rings. The second-order valence-corrected chi connectivity index (χ2v) is 6.65. The Bertz CT molecular complexity index is 670. The van der Waals surface area contributed by atoms with Crippen LogP contribution in [-0.4, -0.2) is 23.2 Å². The number of piperidine rings is 1. The summed E-state index contributed by atoms with van der Waals surface area (Å²) in [6.45, 7) is 6.42. The maximum absolute atomic E-state index is 5.55. The summed E-state index contributed by atoms with van der Waals surface area (Å²) in [7, 11) is 0. The highest BCUT2D eigenvalue weighted by Gasteiger charge is 2.56. The molecule has 2 aliphatic rings. The van der Waals surface area contributed by atoms with Crippen LogP contribution in [-0.2, 0) is 0 Å². The number of hydrogen-bond acceptors (Lipinski definition) is 4. The third-order valence-electron chi connectivity index (χ3n) is 5.17. The Morgan fingerprint density at radius 3 is 2.86 bits per heavy atom. The fourth-order valence-electron chi connectivity index (χ4n) is 3.64. The SMILES string of the molecule is Cc1ccc(C)c(-c2nc([C@@H]3CC34CCNCC4)no2)c1. The molecule has 21 heavy (non-hydrogen) atoms. The molecule has 1 aliphatic carbocycles. The Labute approximate surface area is 124 Å². The van der Waals surface area contributed by atoms with E-state index < -0.39 is 0 Å². The van der Waals surface area contributed by atoms with Gasteiger partial charge in [0, 0.05) is 11.5 Å². The van der Waals surface area contributed by atoms with Crippen LogP contribution in [0.1, 0.15) is 42.1 Å². The van der Waals surface area contributed by atoms with Crippen molar-refractivity contribution in [2.45, 2.75) is 39.0 Å². The summed E-state index contributed by atoms with van der Waals surface area (Å²) in [5, 5.41) is 7.70. The van der Waals surface area contributed by atoms with Gasteiger partial charge >= 0.3 is 0 Å². The van der Waals surface area contributed by atoms with Crippen LogP contribution < -0.4 is 5.32 Å². The van der Waals surface area contributed by atoms with Gasteiger partial charge in [-0.15, -0.1) is 0 Å². The van der Waals surface area contributed by atoms with E-state index in [-0.39, 0.29) is 0 Å². The molecule has 4 nitrogen and oxygen atoms in total. The summed E-state index contributed by atoms with van der Waals surface area (Å²) in [6, 6.07) is 6.35. The lowest BCUT2D eigenvalue weighted by molar-refractivity contribution is 0.336. The monoisotopic (exact) mass is 283 g/mol. The molecule has 1 saturated heterocycles. The van der Waals surface area contributed by atoms with Crippen LogP contribution in [0, 0.1) is 19.3 Å². The van der Waals surface area contributed by atoms with Gasteiger partial charge in [0.2, 0.25) is 0 Å². The molecule has 4 rings (SSSR count). The van der Waals surface area contributed by atoms with Gasteiger partial charge in [0.15, 0.2) is 5.82 Å². The first kappa shape index (κ1) is 13.0. The Morgan fingerprint density at radius 1 is 1.24 bits per heavy atom. The molecule has 1 aromatic heterocycles. The number of benzene rings is 1. The van der Waals surface area contributed by atoms with Gasteiger partial charge in [-0.2, -0.15) is 4.98 Å². The van der Waals surface area contributed by atoms with Gasteiger partial charge in [-0.3, -0.25) is 0 Å². The van der Waals surface area contributed by atoms with E-state index in [0.29, 0.717) is 17.2 Å². The molecule has 2 fully saturated rings. The maximum Gasteiger partial charge on any atom is 0.258 e. The van der Waals surface area contributed by atoms with Gasteiger partial charge in [0.1, 0.15) is 0 Å². The average Bonchev–Trinajstić information content (AvgIpc) is 2.97. The van der Waals surface area contributed by atoms with Crippen molar-refractivity contribution < 1.29 is 4.52 Å². The number of aryl methyl sites for hydroxylation is 2. The van der Waals surface area contributed by atoms with Crippen molar-refractivity contribution in [2.75, 3.05) is 13.1 Å². The largest absolute Gasteiger partial charge is 0.334 e. The lowest BCUT2D eigenvalue weighted by Crippen LogP contribution is -2.29. The van der Waals surface area contributed by atoms with Gasteiger partial charge in [-0.05, 0) is 63.2 Å². The Balaban J connectivity index is 1.61. The van der Waals surface area contributed by atoms with E-state index in [0.717, 1.165) is 24.5 Å². The molecule has 4 heteroatoms. The minimum Gasteiger partial charge on any atom is -0.334 e. The minimum atomic E-state index is 0.452. The summed E-state index contributed by atoms with van der Waals surface area (Å²) in [4.78, 5) is 4.70. The van der Waals surface area contributed by atoms with Crippen LogP contribution in [0.25, 0.3) is 11.5 Å². The number of nitrogens with zero attached hydrogens (tertiary/aromatic N) is 2.